The van der Waals surface area contributed by atoms with Crippen LogP contribution in [0.4, 0.5) is 5.95 Å². The first-order chi connectivity index (χ1) is 8.18. The van der Waals surface area contributed by atoms with Gasteiger partial charge in [-0.25, -0.2) is 9.97 Å². The Kier molecular flexibility index (Phi) is 3.56. The minimum atomic E-state index is 0.300. The molecule has 1 aromatic heterocycles. The molecule has 1 aromatic rings. The lowest BCUT2D eigenvalue weighted by molar-refractivity contribution is 0.365. The van der Waals surface area contributed by atoms with Crippen LogP contribution in [0.3, 0.4) is 0 Å². The monoisotopic (exact) mass is 233 g/mol. The Morgan fingerprint density at radius 1 is 1.18 bits per heavy atom. The molecule has 1 aliphatic heterocycles. The molecule has 1 saturated heterocycles. The van der Waals surface area contributed by atoms with Crippen molar-refractivity contribution in [2.24, 2.45) is 5.92 Å². The molecule has 0 aliphatic carbocycles. The molecule has 0 amide bonds. The Labute approximate surface area is 102 Å². The lowest BCUT2D eigenvalue weighted by Crippen LogP contribution is -2.50. The zero-order valence-corrected chi connectivity index (χ0v) is 10.4. The Hall–Kier alpha value is -1.65. The second-order valence-electron chi connectivity index (χ2n) is 4.56. The van der Waals surface area contributed by atoms with Crippen LogP contribution in [0, 0.1) is 11.3 Å². The average Bonchev–Trinajstić information content (AvgIpc) is 2.39. The number of hydrogen-bond donors (Lipinski definition) is 1. The molecule has 5 heteroatoms. The Morgan fingerprint density at radius 3 is 2.29 bits per heavy atom. The highest BCUT2D eigenvalue weighted by atomic mass is 15.3. The van der Waals surface area contributed by atoms with Gasteiger partial charge >= 0.3 is 0 Å². The van der Waals surface area contributed by atoms with Gasteiger partial charge in [0.25, 0.3) is 0 Å². The molecule has 1 N–H and O–H groups in total. The van der Waals surface area contributed by atoms with Crippen LogP contribution in [0.1, 0.15) is 13.8 Å². The first-order valence-electron chi connectivity index (χ1n) is 6.04. The van der Waals surface area contributed by atoms with Crippen molar-refractivity contribution in [2.75, 3.05) is 31.1 Å². The fraction of sp³-hybridized carbons (Fsp3) is 0.583. The molecule has 0 radical (unpaired) electrons. The van der Waals surface area contributed by atoms with E-state index in [9.17, 15) is 0 Å². The summed E-state index contributed by atoms with van der Waals surface area (Å²) in [6.45, 7) is 7.67. The van der Waals surface area contributed by atoms with Crippen LogP contribution in [-0.4, -0.2) is 46.9 Å². The number of rotatable bonds is 2. The summed E-state index contributed by atoms with van der Waals surface area (Å²) in [5.74, 6) is 1.83. The summed E-state index contributed by atoms with van der Waals surface area (Å²) in [5.41, 5.74) is 0. The van der Waals surface area contributed by atoms with Crippen LogP contribution in [0.25, 0.3) is 0 Å². The number of amidine groups is 1. The molecule has 2 heterocycles. The fourth-order valence-electron chi connectivity index (χ4n) is 1.97. The van der Waals surface area contributed by atoms with Crippen LogP contribution in [-0.2, 0) is 0 Å². The van der Waals surface area contributed by atoms with Crippen molar-refractivity contribution >= 4 is 11.8 Å². The van der Waals surface area contributed by atoms with Crippen LogP contribution >= 0.6 is 0 Å². The van der Waals surface area contributed by atoms with E-state index in [1.54, 1.807) is 12.4 Å². The fourth-order valence-corrected chi connectivity index (χ4v) is 1.97. The number of aromatic nitrogens is 2. The van der Waals surface area contributed by atoms with E-state index < -0.39 is 0 Å². The van der Waals surface area contributed by atoms with Gasteiger partial charge in [0.05, 0.1) is 5.84 Å². The van der Waals surface area contributed by atoms with Crippen molar-refractivity contribution in [1.29, 1.82) is 5.41 Å². The Bertz CT molecular complexity index is 368. The smallest absolute Gasteiger partial charge is 0.225 e. The van der Waals surface area contributed by atoms with Crippen molar-refractivity contribution in [3.63, 3.8) is 0 Å². The molecule has 0 bridgehead atoms. The minimum absolute atomic E-state index is 0.300. The number of nitrogens with zero attached hydrogens (tertiary/aromatic N) is 4. The molecule has 17 heavy (non-hydrogen) atoms. The zero-order valence-electron chi connectivity index (χ0n) is 10.4. The molecule has 92 valence electrons. The molecule has 1 aliphatic rings. The summed E-state index contributed by atoms with van der Waals surface area (Å²) in [6.07, 6.45) is 3.54. The quantitative estimate of drug-likeness (QED) is 0.616. The molecule has 0 saturated carbocycles. The van der Waals surface area contributed by atoms with Gasteiger partial charge in [-0.2, -0.15) is 0 Å². The molecule has 0 unspecified atom stereocenters. The van der Waals surface area contributed by atoms with Gasteiger partial charge in [-0.05, 0) is 6.07 Å². The highest BCUT2D eigenvalue weighted by molar-refractivity contribution is 5.81. The first kappa shape index (κ1) is 11.8. The number of anilines is 1. The molecule has 5 nitrogen and oxygen atoms in total. The average molecular weight is 233 g/mol. The van der Waals surface area contributed by atoms with Crippen LogP contribution < -0.4 is 4.90 Å². The SMILES string of the molecule is CC(C)C(=N)N1CCN(c2ncccn2)CC1. The summed E-state index contributed by atoms with van der Waals surface area (Å²) in [6, 6.07) is 1.83. The molecule has 1 fully saturated rings. The minimum Gasteiger partial charge on any atom is -0.357 e. The van der Waals surface area contributed by atoms with Crippen molar-refractivity contribution in [2.45, 2.75) is 13.8 Å². The van der Waals surface area contributed by atoms with Gasteiger partial charge in [0, 0.05) is 44.5 Å². The van der Waals surface area contributed by atoms with Crippen molar-refractivity contribution in [3.05, 3.63) is 18.5 Å². The lowest BCUT2D eigenvalue weighted by Gasteiger charge is -2.37. The van der Waals surface area contributed by atoms with E-state index in [1.165, 1.54) is 0 Å². The van der Waals surface area contributed by atoms with Gasteiger partial charge in [0.2, 0.25) is 5.95 Å². The highest BCUT2D eigenvalue weighted by Crippen LogP contribution is 2.11. The Morgan fingerprint density at radius 2 is 1.76 bits per heavy atom. The molecular weight excluding hydrogens is 214 g/mol. The molecule has 0 aromatic carbocycles. The summed E-state index contributed by atoms with van der Waals surface area (Å²) in [4.78, 5) is 12.8. The first-order valence-corrected chi connectivity index (χ1v) is 6.04. The van der Waals surface area contributed by atoms with Gasteiger partial charge < -0.3 is 9.80 Å². The van der Waals surface area contributed by atoms with Gasteiger partial charge in [-0.15, -0.1) is 0 Å². The second kappa shape index (κ2) is 5.12. The van der Waals surface area contributed by atoms with Gasteiger partial charge in [-0.3, -0.25) is 5.41 Å². The number of piperazine rings is 1. The maximum atomic E-state index is 7.98. The van der Waals surface area contributed by atoms with E-state index >= 15 is 0 Å². The summed E-state index contributed by atoms with van der Waals surface area (Å²) < 4.78 is 0. The van der Waals surface area contributed by atoms with Crippen molar-refractivity contribution < 1.29 is 0 Å². The largest absolute Gasteiger partial charge is 0.357 e. The third-order valence-corrected chi connectivity index (χ3v) is 3.00. The number of nitrogens with one attached hydrogen (secondary N) is 1. The van der Waals surface area contributed by atoms with Crippen LogP contribution in [0.5, 0.6) is 0 Å². The van der Waals surface area contributed by atoms with E-state index in [1.807, 2.05) is 6.07 Å². The maximum Gasteiger partial charge on any atom is 0.225 e. The van der Waals surface area contributed by atoms with Gasteiger partial charge in [0.15, 0.2) is 0 Å². The topological polar surface area (TPSA) is 56.1 Å². The summed E-state index contributed by atoms with van der Waals surface area (Å²) in [5, 5.41) is 7.98. The third-order valence-electron chi connectivity index (χ3n) is 3.00. The summed E-state index contributed by atoms with van der Waals surface area (Å²) >= 11 is 0. The molecule has 2 rings (SSSR count). The standard InChI is InChI=1S/C12H19N5/c1-10(2)11(13)16-6-8-17(9-7-16)12-14-4-3-5-15-12/h3-5,10,13H,6-9H2,1-2H3. The predicted octanol–water partition coefficient (Wildman–Crippen LogP) is 1.23. The van der Waals surface area contributed by atoms with Gasteiger partial charge in [0.1, 0.15) is 0 Å². The van der Waals surface area contributed by atoms with Crippen molar-refractivity contribution in [1.82, 2.24) is 14.9 Å². The molecule has 0 atom stereocenters. The predicted molar refractivity (Wildman–Crippen MR) is 68.4 cm³/mol. The van der Waals surface area contributed by atoms with Crippen molar-refractivity contribution in [3.8, 4) is 0 Å². The highest BCUT2D eigenvalue weighted by Gasteiger charge is 2.21. The lowest BCUT2D eigenvalue weighted by atomic mass is 10.1. The Balaban J connectivity index is 1.93. The van der Waals surface area contributed by atoms with E-state index in [0.29, 0.717) is 5.92 Å². The maximum absolute atomic E-state index is 7.98. The zero-order chi connectivity index (χ0) is 12.3. The van der Waals surface area contributed by atoms with Crippen LogP contribution in [0.2, 0.25) is 0 Å². The van der Waals surface area contributed by atoms with E-state index in [0.717, 1.165) is 38.0 Å². The van der Waals surface area contributed by atoms with E-state index in [2.05, 4.69) is 33.6 Å². The summed E-state index contributed by atoms with van der Waals surface area (Å²) in [7, 11) is 0. The van der Waals surface area contributed by atoms with E-state index in [-0.39, 0.29) is 0 Å². The normalized spacial score (nSPS) is 16.4. The molecule has 0 spiro atoms. The number of hydrogen-bond acceptors (Lipinski definition) is 4. The third kappa shape index (κ3) is 2.72. The molecular formula is C12H19N5. The van der Waals surface area contributed by atoms with E-state index in [4.69, 9.17) is 5.41 Å². The van der Waals surface area contributed by atoms with Crippen LogP contribution in [0.15, 0.2) is 18.5 Å². The van der Waals surface area contributed by atoms with Gasteiger partial charge in [-0.1, -0.05) is 13.8 Å². The second-order valence-corrected chi connectivity index (χ2v) is 4.56.